The fourth-order valence-electron chi connectivity index (χ4n) is 1.79. The molecule has 1 aromatic carbocycles. The number of hydrogen-bond donors (Lipinski definition) is 2. The molecule has 1 aliphatic rings. The molecule has 1 aliphatic carbocycles. The SMILES string of the molecule is O=C(Cc1cccc([N+](=O)[O-])c1)NCCNC1CC1. The number of hydrogen-bond acceptors (Lipinski definition) is 4. The van der Waals surface area contributed by atoms with Gasteiger partial charge in [-0.1, -0.05) is 12.1 Å². The molecule has 0 aromatic heterocycles. The van der Waals surface area contributed by atoms with E-state index in [4.69, 9.17) is 0 Å². The lowest BCUT2D eigenvalue weighted by Crippen LogP contribution is -2.33. The van der Waals surface area contributed by atoms with Gasteiger partial charge in [-0.2, -0.15) is 0 Å². The summed E-state index contributed by atoms with van der Waals surface area (Å²) in [5, 5.41) is 16.7. The van der Waals surface area contributed by atoms with Gasteiger partial charge < -0.3 is 10.6 Å². The zero-order valence-corrected chi connectivity index (χ0v) is 10.6. The number of nitrogens with one attached hydrogen (secondary N) is 2. The highest BCUT2D eigenvalue weighted by molar-refractivity contribution is 5.78. The first-order chi connectivity index (χ1) is 9.15. The van der Waals surface area contributed by atoms with Crippen molar-refractivity contribution in [1.82, 2.24) is 10.6 Å². The molecule has 6 nitrogen and oxygen atoms in total. The number of nitro benzene ring substituents is 1. The molecule has 0 bridgehead atoms. The van der Waals surface area contributed by atoms with Crippen LogP contribution in [0.15, 0.2) is 24.3 Å². The molecule has 0 radical (unpaired) electrons. The van der Waals surface area contributed by atoms with E-state index in [0.717, 1.165) is 6.54 Å². The minimum Gasteiger partial charge on any atom is -0.355 e. The van der Waals surface area contributed by atoms with E-state index in [2.05, 4.69) is 10.6 Å². The molecule has 1 saturated carbocycles. The first-order valence-electron chi connectivity index (χ1n) is 6.38. The third-order valence-corrected chi connectivity index (χ3v) is 2.94. The second-order valence-corrected chi connectivity index (χ2v) is 4.68. The molecule has 0 spiro atoms. The quantitative estimate of drug-likeness (QED) is 0.437. The summed E-state index contributed by atoms with van der Waals surface area (Å²) in [6.45, 7) is 1.36. The summed E-state index contributed by atoms with van der Waals surface area (Å²) in [6.07, 6.45) is 2.62. The van der Waals surface area contributed by atoms with E-state index < -0.39 is 4.92 Å². The topological polar surface area (TPSA) is 84.3 Å². The van der Waals surface area contributed by atoms with Crippen LogP contribution in [0.1, 0.15) is 18.4 Å². The largest absolute Gasteiger partial charge is 0.355 e. The molecule has 0 atom stereocenters. The van der Waals surface area contributed by atoms with Gasteiger partial charge in [-0.05, 0) is 18.4 Å². The van der Waals surface area contributed by atoms with E-state index in [0.29, 0.717) is 18.2 Å². The number of nitro groups is 1. The number of non-ortho nitro benzene ring substituents is 1. The maximum absolute atomic E-state index is 11.6. The van der Waals surface area contributed by atoms with E-state index in [9.17, 15) is 14.9 Å². The van der Waals surface area contributed by atoms with Gasteiger partial charge >= 0.3 is 0 Å². The van der Waals surface area contributed by atoms with Crippen molar-refractivity contribution in [2.45, 2.75) is 25.3 Å². The average Bonchev–Trinajstić information content (AvgIpc) is 3.19. The molecule has 1 aromatic rings. The van der Waals surface area contributed by atoms with E-state index in [1.807, 2.05) is 0 Å². The minimum atomic E-state index is -0.457. The maximum atomic E-state index is 11.6. The molecular formula is C13H17N3O3. The molecule has 0 aliphatic heterocycles. The number of rotatable bonds is 7. The van der Waals surface area contributed by atoms with Crippen LogP contribution in [0.25, 0.3) is 0 Å². The predicted molar refractivity (Wildman–Crippen MR) is 70.8 cm³/mol. The van der Waals surface area contributed by atoms with E-state index in [-0.39, 0.29) is 18.0 Å². The summed E-state index contributed by atoms with van der Waals surface area (Å²) in [4.78, 5) is 21.8. The third kappa shape index (κ3) is 4.67. The maximum Gasteiger partial charge on any atom is 0.269 e. The highest BCUT2D eigenvalue weighted by Crippen LogP contribution is 2.17. The molecule has 19 heavy (non-hydrogen) atoms. The van der Waals surface area contributed by atoms with Gasteiger partial charge in [-0.15, -0.1) is 0 Å². The number of amides is 1. The van der Waals surface area contributed by atoms with Crippen molar-refractivity contribution < 1.29 is 9.72 Å². The van der Waals surface area contributed by atoms with Crippen LogP contribution in [0.5, 0.6) is 0 Å². The third-order valence-electron chi connectivity index (χ3n) is 2.94. The molecule has 2 N–H and O–H groups in total. The smallest absolute Gasteiger partial charge is 0.269 e. The Morgan fingerprint density at radius 1 is 1.37 bits per heavy atom. The Bertz CT molecular complexity index is 472. The highest BCUT2D eigenvalue weighted by Gasteiger charge is 2.19. The summed E-state index contributed by atoms with van der Waals surface area (Å²) in [5.41, 5.74) is 0.669. The zero-order valence-electron chi connectivity index (χ0n) is 10.6. The monoisotopic (exact) mass is 263 g/mol. The second-order valence-electron chi connectivity index (χ2n) is 4.68. The van der Waals surface area contributed by atoms with Gasteiger partial charge in [0.2, 0.25) is 5.91 Å². The molecule has 6 heteroatoms. The number of carbonyl (C=O) groups excluding carboxylic acids is 1. The lowest BCUT2D eigenvalue weighted by atomic mass is 10.1. The van der Waals surface area contributed by atoms with Gasteiger partial charge in [0.1, 0.15) is 0 Å². The molecule has 0 saturated heterocycles. The Kier molecular flexibility index (Phi) is 4.46. The Morgan fingerprint density at radius 3 is 2.84 bits per heavy atom. The van der Waals surface area contributed by atoms with Crippen LogP contribution >= 0.6 is 0 Å². The first kappa shape index (κ1) is 13.5. The van der Waals surface area contributed by atoms with Crippen LogP contribution in [0.3, 0.4) is 0 Å². The van der Waals surface area contributed by atoms with Gasteiger partial charge in [0, 0.05) is 31.3 Å². The summed E-state index contributed by atoms with van der Waals surface area (Å²) >= 11 is 0. The summed E-state index contributed by atoms with van der Waals surface area (Å²) in [6, 6.07) is 6.79. The Balaban J connectivity index is 1.74. The lowest BCUT2D eigenvalue weighted by Gasteiger charge is -2.06. The molecule has 0 unspecified atom stereocenters. The number of carbonyl (C=O) groups is 1. The van der Waals surface area contributed by atoms with Crippen LogP contribution in [0, 0.1) is 10.1 Å². The lowest BCUT2D eigenvalue weighted by molar-refractivity contribution is -0.384. The second kappa shape index (κ2) is 6.29. The standard InChI is InChI=1S/C13H17N3O3/c17-13(15-7-6-14-11-4-5-11)9-10-2-1-3-12(8-10)16(18)19/h1-3,8,11,14H,4-7,9H2,(H,15,17). The molecule has 1 amide bonds. The zero-order chi connectivity index (χ0) is 13.7. The Morgan fingerprint density at radius 2 is 2.16 bits per heavy atom. The van der Waals surface area contributed by atoms with E-state index in [1.165, 1.54) is 25.0 Å². The van der Waals surface area contributed by atoms with Crippen LogP contribution in [-0.2, 0) is 11.2 Å². The van der Waals surface area contributed by atoms with Gasteiger partial charge in [-0.25, -0.2) is 0 Å². The molecule has 102 valence electrons. The Hall–Kier alpha value is -1.95. The van der Waals surface area contributed by atoms with Gasteiger partial charge in [0.15, 0.2) is 0 Å². The van der Waals surface area contributed by atoms with Crippen molar-refractivity contribution in [3.8, 4) is 0 Å². The van der Waals surface area contributed by atoms with Gasteiger partial charge in [0.25, 0.3) is 5.69 Å². The van der Waals surface area contributed by atoms with Crippen molar-refractivity contribution in [3.63, 3.8) is 0 Å². The average molecular weight is 263 g/mol. The van der Waals surface area contributed by atoms with E-state index in [1.54, 1.807) is 12.1 Å². The highest BCUT2D eigenvalue weighted by atomic mass is 16.6. The fourth-order valence-corrected chi connectivity index (χ4v) is 1.79. The molecule has 0 heterocycles. The summed E-state index contributed by atoms with van der Waals surface area (Å²) in [5.74, 6) is -0.113. The number of benzene rings is 1. The van der Waals surface area contributed by atoms with Crippen LogP contribution in [0.2, 0.25) is 0 Å². The molecular weight excluding hydrogens is 246 g/mol. The van der Waals surface area contributed by atoms with Crippen molar-refractivity contribution in [3.05, 3.63) is 39.9 Å². The summed E-state index contributed by atoms with van der Waals surface area (Å²) in [7, 11) is 0. The van der Waals surface area contributed by atoms with Crippen molar-refractivity contribution in [2.24, 2.45) is 0 Å². The van der Waals surface area contributed by atoms with Crippen molar-refractivity contribution >= 4 is 11.6 Å². The van der Waals surface area contributed by atoms with Crippen molar-refractivity contribution in [1.29, 1.82) is 0 Å². The normalized spacial score (nSPS) is 14.1. The number of nitrogens with zero attached hydrogens (tertiary/aromatic N) is 1. The van der Waals surface area contributed by atoms with E-state index >= 15 is 0 Å². The predicted octanol–water partition coefficient (Wildman–Crippen LogP) is 1.01. The van der Waals surface area contributed by atoms with Gasteiger partial charge in [-0.3, -0.25) is 14.9 Å². The molecule has 2 rings (SSSR count). The molecule has 1 fully saturated rings. The van der Waals surface area contributed by atoms with Crippen LogP contribution < -0.4 is 10.6 Å². The van der Waals surface area contributed by atoms with Crippen molar-refractivity contribution in [2.75, 3.05) is 13.1 Å². The first-order valence-corrected chi connectivity index (χ1v) is 6.38. The van der Waals surface area contributed by atoms with Gasteiger partial charge in [0.05, 0.1) is 11.3 Å². The van der Waals surface area contributed by atoms with Crippen LogP contribution in [-0.4, -0.2) is 30.0 Å². The minimum absolute atomic E-state index is 0.0145. The summed E-state index contributed by atoms with van der Waals surface area (Å²) < 4.78 is 0. The fraction of sp³-hybridized carbons (Fsp3) is 0.462. The van der Waals surface area contributed by atoms with Crippen LogP contribution in [0.4, 0.5) is 5.69 Å². The Labute approximate surface area is 111 Å².